The number of aliphatic hydroxyl groups excluding tert-OH is 4. The van der Waals surface area contributed by atoms with Crippen molar-refractivity contribution >= 4 is 11.6 Å². The molecule has 0 spiro atoms. The standard InChI is InChI=1S/C20H25ClN2O5/c1-2-3-13-5-6-14(23-22-13)9-12-8-11(4-7-15(12)21)20-19(27)18(26)17(25)16(10-24)28-20/h4-8,16-20,24-27H,2-3,9-10H2,1H3. The topological polar surface area (TPSA) is 116 Å². The number of aromatic nitrogens is 2. The lowest BCUT2D eigenvalue weighted by Gasteiger charge is -2.40. The summed E-state index contributed by atoms with van der Waals surface area (Å²) >= 11 is 6.33. The smallest absolute Gasteiger partial charge is 0.113 e. The minimum Gasteiger partial charge on any atom is -0.394 e. The van der Waals surface area contributed by atoms with Crippen LogP contribution in [0.1, 0.15) is 42.0 Å². The maximum Gasteiger partial charge on any atom is 0.113 e. The van der Waals surface area contributed by atoms with Crippen LogP contribution >= 0.6 is 11.6 Å². The summed E-state index contributed by atoms with van der Waals surface area (Å²) in [6.07, 6.45) is -3.68. The minimum absolute atomic E-state index is 0.448. The van der Waals surface area contributed by atoms with Crippen LogP contribution in [0.25, 0.3) is 0 Å². The average molecular weight is 409 g/mol. The molecule has 152 valence electrons. The highest BCUT2D eigenvalue weighted by Gasteiger charge is 2.44. The van der Waals surface area contributed by atoms with Gasteiger partial charge in [-0.25, -0.2) is 0 Å². The van der Waals surface area contributed by atoms with E-state index in [4.69, 9.17) is 16.3 Å². The van der Waals surface area contributed by atoms with Gasteiger partial charge in [0.05, 0.1) is 18.0 Å². The van der Waals surface area contributed by atoms with E-state index in [1.807, 2.05) is 12.1 Å². The molecule has 1 aliphatic rings. The van der Waals surface area contributed by atoms with E-state index >= 15 is 0 Å². The predicted molar refractivity (Wildman–Crippen MR) is 103 cm³/mol. The summed E-state index contributed by atoms with van der Waals surface area (Å²) in [6, 6.07) is 9.01. The van der Waals surface area contributed by atoms with Crippen LogP contribution in [0.5, 0.6) is 0 Å². The molecule has 1 fully saturated rings. The fraction of sp³-hybridized carbons (Fsp3) is 0.500. The molecule has 0 aliphatic carbocycles. The van der Waals surface area contributed by atoms with E-state index in [1.165, 1.54) is 0 Å². The molecule has 7 nitrogen and oxygen atoms in total. The van der Waals surface area contributed by atoms with Gasteiger partial charge < -0.3 is 25.2 Å². The normalized spacial score (nSPS) is 27.7. The molecule has 5 unspecified atom stereocenters. The van der Waals surface area contributed by atoms with Crippen LogP contribution in [0.2, 0.25) is 5.02 Å². The summed E-state index contributed by atoms with van der Waals surface area (Å²) in [4.78, 5) is 0. The van der Waals surface area contributed by atoms with Crippen LogP contribution in [-0.2, 0) is 17.6 Å². The Balaban J connectivity index is 1.82. The maximum atomic E-state index is 10.3. The molecule has 0 amide bonds. The molecule has 1 aromatic carbocycles. The Labute approximate surface area is 168 Å². The maximum absolute atomic E-state index is 10.3. The SMILES string of the molecule is CCCc1ccc(Cc2cc(C3OC(CO)C(O)C(O)C3O)ccc2Cl)nn1. The number of rotatable bonds is 6. The molecular formula is C20H25ClN2O5. The van der Waals surface area contributed by atoms with Gasteiger partial charge in [0, 0.05) is 11.4 Å². The van der Waals surface area contributed by atoms with Gasteiger partial charge in [-0.15, -0.1) is 0 Å². The molecule has 1 saturated heterocycles. The molecule has 1 aromatic heterocycles. The van der Waals surface area contributed by atoms with Gasteiger partial charge in [0.2, 0.25) is 0 Å². The van der Waals surface area contributed by atoms with Crippen molar-refractivity contribution in [3.8, 4) is 0 Å². The van der Waals surface area contributed by atoms with Crippen molar-refractivity contribution in [3.05, 3.63) is 57.9 Å². The van der Waals surface area contributed by atoms with Gasteiger partial charge >= 0.3 is 0 Å². The summed E-state index contributed by atoms with van der Waals surface area (Å²) in [5, 5.41) is 48.7. The van der Waals surface area contributed by atoms with Crippen molar-refractivity contribution in [2.45, 2.75) is 56.7 Å². The number of nitrogens with zero attached hydrogens (tertiary/aromatic N) is 2. The largest absolute Gasteiger partial charge is 0.394 e. The van der Waals surface area contributed by atoms with Crippen molar-refractivity contribution in [3.63, 3.8) is 0 Å². The number of aliphatic hydroxyl groups is 4. The molecule has 2 aromatic rings. The van der Waals surface area contributed by atoms with Crippen molar-refractivity contribution < 1.29 is 25.2 Å². The molecule has 0 bridgehead atoms. The summed E-state index contributed by atoms with van der Waals surface area (Å²) < 4.78 is 5.62. The summed E-state index contributed by atoms with van der Waals surface area (Å²) in [5.74, 6) is 0. The monoisotopic (exact) mass is 408 g/mol. The molecule has 2 heterocycles. The van der Waals surface area contributed by atoms with Crippen LogP contribution in [0, 0.1) is 0 Å². The molecule has 0 saturated carbocycles. The van der Waals surface area contributed by atoms with E-state index in [-0.39, 0.29) is 0 Å². The summed E-state index contributed by atoms with van der Waals surface area (Å²) in [6.45, 7) is 1.61. The summed E-state index contributed by atoms with van der Waals surface area (Å²) in [5.41, 5.74) is 3.06. The van der Waals surface area contributed by atoms with Gasteiger partial charge in [-0.1, -0.05) is 37.1 Å². The van der Waals surface area contributed by atoms with E-state index in [1.54, 1.807) is 18.2 Å². The fourth-order valence-electron chi connectivity index (χ4n) is 3.35. The zero-order chi connectivity index (χ0) is 20.3. The van der Waals surface area contributed by atoms with Crippen LogP contribution < -0.4 is 0 Å². The molecular weight excluding hydrogens is 384 g/mol. The van der Waals surface area contributed by atoms with E-state index in [9.17, 15) is 20.4 Å². The molecule has 4 N–H and O–H groups in total. The number of halogens is 1. The molecule has 5 atom stereocenters. The van der Waals surface area contributed by atoms with Gasteiger partial charge in [-0.3, -0.25) is 0 Å². The quantitative estimate of drug-likeness (QED) is 0.567. The van der Waals surface area contributed by atoms with Gasteiger partial charge in [0.25, 0.3) is 0 Å². The van der Waals surface area contributed by atoms with Crippen molar-refractivity contribution in [1.82, 2.24) is 10.2 Å². The fourth-order valence-corrected chi connectivity index (χ4v) is 3.53. The zero-order valence-corrected chi connectivity index (χ0v) is 16.3. The lowest BCUT2D eigenvalue weighted by Crippen LogP contribution is -2.55. The van der Waals surface area contributed by atoms with Crippen LogP contribution in [-0.4, -0.2) is 61.6 Å². The third-order valence-electron chi connectivity index (χ3n) is 4.94. The zero-order valence-electron chi connectivity index (χ0n) is 15.6. The Kier molecular flexibility index (Phi) is 6.98. The lowest BCUT2D eigenvalue weighted by atomic mass is 9.90. The van der Waals surface area contributed by atoms with Crippen molar-refractivity contribution in [2.75, 3.05) is 6.61 Å². The second kappa shape index (κ2) is 9.26. The van der Waals surface area contributed by atoms with Gasteiger partial charge in [0.1, 0.15) is 30.5 Å². The number of hydrogen-bond acceptors (Lipinski definition) is 7. The lowest BCUT2D eigenvalue weighted by molar-refractivity contribution is -0.231. The molecule has 1 aliphatic heterocycles. The Morgan fingerprint density at radius 3 is 2.36 bits per heavy atom. The number of aryl methyl sites for hydroxylation is 1. The van der Waals surface area contributed by atoms with Crippen molar-refractivity contribution in [1.29, 1.82) is 0 Å². The highest BCUT2D eigenvalue weighted by Crippen LogP contribution is 2.34. The van der Waals surface area contributed by atoms with Crippen LogP contribution in [0.4, 0.5) is 0 Å². The molecule has 0 radical (unpaired) electrons. The van der Waals surface area contributed by atoms with E-state index in [2.05, 4.69) is 17.1 Å². The van der Waals surface area contributed by atoms with Gasteiger partial charge in [-0.05, 0) is 35.7 Å². The minimum atomic E-state index is -1.42. The second-order valence-corrected chi connectivity index (χ2v) is 7.45. The average Bonchev–Trinajstić information content (AvgIpc) is 2.70. The predicted octanol–water partition coefficient (Wildman–Crippen LogP) is 1.19. The first-order valence-corrected chi connectivity index (χ1v) is 9.72. The summed E-state index contributed by atoms with van der Waals surface area (Å²) in [7, 11) is 0. The third-order valence-corrected chi connectivity index (χ3v) is 5.31. The first kappa shape index (κ1) is 21.1. The number of ether oxygens (including phenoxy) is 1. The Hall–Kier alpha value is -1.61. The molecule has 28 heavy (non-hydrogen) atoms. The number of benzene rings is 1. The van der Waals surface area contributed by atoms with Crippen LogP contribution in [0.15, 0.2) is 30.3 Å². The van der Waals surface area contributed by atoms with Gasteiger partial charge in [0.15, 0.2) is 0 Å². The van der Waals surface area contributed by atoms with Crippen LogP contribution in [0.3, 0.4) is 0 Å². The first-order chi connectivity index (χ1) is 13.4. The number of hydrogen-bond donors (Lipinski definition) is 4. The molecule has 8 heteroatoms. The van der Waals surface area contributed by atoms with E-state index in [0.29, 0.717) is 17.0 Å². The second-order valence-electron chi connectivity index (χ2n) is 7.04. The highest BCUT2D eigenvalue weighted by molar-refractivity contribution is 6.31. The third kappa shape index (κ3) is 4.51. The Morgan fingerprint density at radius 2 is 1.71 bits per heavy atom. The van der Waals surface area contributed by atoms with E-state index < -0.39 is 37.1 Å². The first-order valence-electron chi connectivity index (χ1n) is 9.35. The molecule has 3 rings (SSSR count). The highest BCUT2D eigenvalue weighted by atomic mass is 35.5. The Bertz CT molecular complexity index is 787. The van der Waals surface area contributed by atoms with Gasteiger partial charge in [-0.2, -0.15) is 10.2 Å². The van der Waals surface area contributed by atoms with E-state index in [0.717, 1.165) is 29.8 Å². The van der Waals surface area contributed by atoms with Crippen molar-refractivity contribution in [2.24, 2.45) is 0 Å². The Morgan fingerprint density at radius 1 is 1.00 bits per heavy atom.